The smallest absolute Gasteiger partial charge is 0.317 e. The first-order valence-electron chi connectivity index (χ1n) is 8.56. The van der Waals surface area contributed by atoms with E-state index < -0.39 is 0 Å². The second-order valence-electron chi connectivity index (χ2n) is 5.80. The number of hydrogen-bond acceptors (Lipinski definition) is 4. The quantitative estimate of drug-likeness (QED) is 0.722. The molecule has 0 heterocycles. The third-order valence-electron chi connectivity index (χ3n) is 4.01. The molecule has 0 unspecified atom stereocenters. The Morgan fingerprint density at radius 2 is 1.77 bits per heavy atom. The molecule has 0 saturated carbocycles. The predicted octanol–water partition coefficient (Wildman–Crippen LogP) is 2.45. The van der Waals surface area contributed by atoms with E-state index in [1.807, 2.05) is 48.5 Å². The molecular weight excluding hydrogens is 332 g/mol. The van der Waals surface area contributed by atoms with Crippen molar-refractivity contribution >= 4 is 6.03 Å². The zero-order valence-electron chi connectivity index (χ0n) is 15.3. The van der Waals surface area contributed by atoms with Crippen LogP contribution in [0.5, 0.6) is 11.5 Å². The average molecular weight is 358 g/mol. The number of carbonyl (C=O) groups is 1. The van der Waals surface area contributed by atoms with E-state index in [1.54, 1.807) is 19.1 Å². The summed E-state index contributed by atoms with van der Waals surface area (Å²) in [5.74, 6) is 1.35. The molecule has 140 valence electrons. The number of urea groups is 1. The Morgan fingerprint density at radius 1 is 1.04 bits per heavy atom. The molecule has 0 aliphatic rings. The van der Waals surface area contributed by atoms with Gasteiger partial charge in [-0.3, -0.25) is 0 Å². The number of amides is 2. The number of rotatable bonds is 9. The topological polar surface area (TPSA) is 71.0 Å². The van der Waals surface area contributed by atoms with Gasteiger partial charge in [0.25, 0.3) is 0 Å². The summed E-state index contributed by atoms with van der Waals surface area (Å²) in [6, 6.07) is 15.2. The number of hydrogen-bond donors (Lipinski definition) is 2. The molecule has 2 amide bonds. The maximum absolute atomic E-state index is 12.4. The van der Waals surface area contributed by atoms with E-state index in [-0.39, 0.29) is 19.2 Å². The summed E-state index contributed by atoms with van der Waals surface area (Å²) >= 11 is 0. The molecule has 0 aliphatic carbocycles. The highest BCUT2D eigenvalue weighted by atomic mass is 16.5. The fourth-order valence-electron chi connectivity index (χ4n) is 2.64. The average Bonchev–Trinajstić information content (AvgIpc) is 2.68. The third-order valence-corrected chi connectivity index (χ3v) is 4.01. The highest BCUT2D eigenvalue weighted by molar-refractivity contribution is 5.74. The fourth-order valence-corrected chi connectivity index (χ4v) is 2.64. The van der Waals surface area contributed by atoms with Crippen LogP contribution >= 0.6 is 0 Å². The highest BCUT2D eigenvalue weighted by Gasteiger charge is 2.13. The summed E-state index contributed by atoms with van der Waals surface area (Å²) in [4.78, 5) is 14.0. The van der Waals surface area contributed by atoms with Crippen molar-refractivity contribution in [1.29, 1.82) is 0 Å². The van der Waals surface area contributed by atoms with Gasteiger partial charge in [0.2, 0.25) is 0 Å². The summed E-state index contributed by atoms with van der Waals surface area (Å²) in [7, 11) is 3.19. The van der Waals surface area contributed by atoms with Crippen LogP contribution in [0.2, 0.25) is 0 Å². The SMILES string of the molecule is COc1ccc(CCNC(=O)N(CCO)Cc2ccccc2)cc1OC. The van der Waals surface area contributed by atoms with Gasteiger partial charge in [0.05, 0.1) is 20.8 Å². The van der Waals surface area contributed by atoms with E-state index in [0.717, 1.165) is 11.1 Å². The summed E-state index contributed by atoms with van der Waals surface area (Å²) in [5, 5.41) is 12.1. The van der Waals surface area contributed by atoms with Gasteiger partial charge in [-0.25, -0.2) is 4.79 Å². The molecule has 0 fully saturated rings. The Balaban J connectivity index is 1.89. The molecule has 0 aliphatic heterocycles. The van der Waals surface area contributed by atoms with Crippen LogP contribution in [0.25, 0.3) is 0 Å². The fraction of sp³-hybridized carbons (Fsp3) is 0.350. The summed E-state index contributed by atoms with van der Waals surface area (Å²) in [5.41, 5.74) is 2.07. The number of carbonyl (C=O) groups excluding carboxylic acids is 1. The van der Waals surface area contributed by atoms with Crippen LogP contribution in [0, 0.1) is 0 Å². The van der Waals surface area contributed by atoms with Crippen LogP contribution in [-0.2, 0) is 13.0 Å². The number of aliphatic hydroxyl groups is 1. The van der Waals surface area contributed by atoms with Gasteiger partial charge < -0.3 is 24.8 Å². The number of ether oxygens (including phenoxy) is 2. The number of aliphatic hydroxyl groups excluding tert-OH is 1. The Morgan fingerprint density at radius 3 is 2.42 bits per heavy atom. The van der Waals surface area contributed by atoms with Crippen LogP contribution in [0.15, 0.2) is 48.5 Å². The molecule has 2 N–H and O–H groups in total. The molecule has 6 nitrogen and oxygen atoms in total. The van der Waals surface area contributed by atoms with Crippen LogP contribution in [0.1, 0.15) is 11.1 Å². The van der Waals surface area contributed by atoms with Crippen molar-refractivity contribution in [3.63, 3.8) is 0 Å². The van der Waals surface area contributed by atoms with Gasteiger partial charge in [0.15, 0.2) is 11.5 Å². The number of nitrogens with one attached hydrogen (secondary N) is 1. The van der Waals surface area contributed by atoms with E-state index >= 15 is 0 Å². The molecular formula is C20H26N2O4. The minimum atomic E-state index is -0.191. The van der Waals surface area contributed by atoms with E-state index in [4.69, 9.17) is 9.47 Å². The van der Waals surface area contributed by atoms with Gasteiger partial charge in [0.1, 0.15) is 0 Å². The normalized spacial score (nSPS) is 10.3. The predicted molar refractivity (Wildman–Crippen MR) is 101 cm³/mol. The minimum absolute atomic E-state index is 0.0735. The number of nitrogens with zero attached hydrogens (tertiary/aromatic N) is 1. The van der Waals surface area contributed by atoms with Crippen LogP contribution in [0.4, 0.5) is 4.79 Å². The summed E-state index contributed by atoms with van der Waals surface area (Å²) in [6.45, 7) is 1.17. The Bertz CT molecular complexity index is 691. The second-order valence-corrected chi connectivity index (χ2v) is 5.80. The van der Waals surface area contributed by atoms with Gasteiger partial charge in [-0.1, -0.05) is 36.4 Å². The van der Waals surface area contributed by atoms with Crippen LogP contribution in [0.3, 0.4) is 0 Å². The maximum Gasteiger partial charge on any atom is 0.317 e. The first-order valence-corrected chi connectivity index (χ1v) is 8.56. The molecule has 0 aromatic heterocycles. The number of methoxy groups -OCH3 is 2. The standard InChI is InChI=1S/C20H26N2O4/c1-25-18-9-8-16(14-19(18)26-2)10-11-21-20(24)22(12-13-23)15-17-6-4-3-5-7-17/h3-9,14,23H,10-13,15H2,1-2H3,(H,21,24). The highest BCUT2D eigenvalue weighted by Crippen LogP contribution is 2.27. The molecule has 0 spiro atoms. The van der Waals surface area contributed by atoms with Crippen molar-refractivity contribution in [2.45, 2.75) is 13.0 Å². The lowest BCUT2D eigenvalue weighted by Gasteiger charge is -2.22. The number of benzene rings is 2. The van der Waals surface area contributed by atoms with Gasteiger partial charge >= 0.3 is 6.03 Å². The first kappa shape index (κ1) is 19.6. The molecule has 0 radical (unpaired) electrons. The third kappa shape index (κ3) is 5.67. The second kappa shape index (κ2) is 10.3. The van der Waals surface area contributed by atoms with E-state index in [2.05, 4.69) is 5.32 Å². The minimum Gasteiger partial charge on any atom is -0.493 e. The molecule has 0 bridgehead atoms. The van der Waals surface area contributed by atoms with E-state index in [9.17, 15) is 9.90 Å². The van der Waals surface area contributed by atoms with Crippen molar-refractivity contribution in [2.24, 2.45) is 0 Å². The van der Waals surface area contributed by atoms with Gasteiger partial charge in [-0.2, -0.15) is 0 Å². The van der Waals surface area contributed by atoms with E-state index in [1.165, 1.54) is 0 Å². The lowest BCUT2D eigenvalue weighted by molar-refractivity contribution is 0.174. The van der Waals surface area contributed by atoms with Gasteiger partial charge in [-0.15, -0.1) is 0 Å². The van der Waals surface area contributed by atoms with Crippen molar-refractivity contribution < 1.29 is 19.4 Å². The van der Waals surface area contributed by atoms with Crippen molar-refractivity contribution in [3.05, 3.63) is 59.7 Å². The van der Waals surface area contributed by atoms with Gasteiger partial charge in [-0.05, 0) is 29.7 Å². The lowest BCUT2D eigenvalue weighted by atomic mass is 10.1. The van der Waals surface area contributed by atoms with Crippen LogP contribution < -0.4 is 14.8 Å². The van der Waals surface area contributed by atoms with E-state index in [0.29, 0.717) is 31.0 Å². The van der Waals surface area contributed by atoms with Crippen molar-refractivity contribution in [3.8, 4) is 11.5 Å². The molecule has 0 saturated heterocycles. The molecule has 0 atom stereocenters. The maximum atomic E-state index is 12.4. The first-order chi connectivity index (χ1) is 12.7. The van der Waals surface area contributed by atoms with Crippen molar-refractivity contribution in [2.75, 3.05) is 33.9 Å². The molecule has 2 aromatic carbocycles. The van der Waals surface area contributed by atoms with Crippen LogP contribution in [-0.4, -0.2) is 50.0 Å². The largest absolute Gasteiger partial charge is 0.493 e. The van der Waals surface area contributed by atoms with Crippen molar-refractivity contribution in [1.82, 2.24) is 10.2 Å². The molecule has 6 heteroatoms. The summed E-state index contributed by atoms with van der Waals surface area (Å²) < 4.78 is 10.5. The van der Waals surface area contributed by atoms with Gasteiger partial charge in [0, 0.05) is 19.6 Å². The Labute approximate surface area is 154 Å². The zero-order chi connectivity index (χ0) is 18.8. The molecule has 26 heavy (non-hydrogen) atoms. The Kier molecular flexibility index (Phi) is 7.76. The monoisotopic (exact) mass is 358 g/mol. The Hall–Kier alpha value is -2.73. The summed E-state index contributed by atoms with van der Waals surface area (Å²) in [6.07, 6.45) is 0.671. The zero-order valence-corrected chi connectivity index (χ0v) is 15.3. The molecule has 2 rings (SSSR count). The lowest BCUT2D eigenvalue weighted by Crippen LogP contribution is -2.41. The molecule has 2 aromatic rings.